The summed E-state index contributed by atoms with van der Waals surface area (Å²) in [6, 6.07) is 8.07. The minimum absolute atomic E-state index is 0.156. The molecule has 0 spiro atoms. The molecule has 20 heavy (non-hydrogen) atoms. The standard InChI is InChI=1S/C13H13N3O3S/c17-20(18,16-13-4-1-7-14-15-13)11-6-5-10-3-2-8-19-12(10)9-11/h1,4-7,9H,2-3,8H2,(H,15,16). The molecule has 0 aliphatic carbocycles. The Kier molecular flexibility index (Phi) is 3.27. The van der Waals surface area contributed by atoms with Crippen LogP contribution in [0.15, 0.2) is 41.4 Å². The summed E-state index contributed by atoms with van der Waals surface area (Å²) in [5.41, 5.74) is 1.04. The Morgan fingerprint density at radius 2 is 2.15 bits per heavy atom. The van der Waals surface area contributed by atoms with Gasteiger partial charge in [-0.2, -0.15) is 5.10 Å². The van der Waals surface area contributed by atoms with Crippen molar-refractivity contribution in [1.82, 2.24) is 10.2 Å². The lowest BCUT2D eigenvalue weighted by Gasteiger charge is -2.18. The van der Waals surface area contributed by atoms with Gasteiger partial charge in [0.25, 0.3) is 10.0 Å². The molecule has 1 aliphatic rings. The van der Waals surface area contributed by atoms with Crippen LogP contribution in [0.3, 0.4) is 0 Å². The van der Waals surface area contributed by atoms with Crippen LogP contribution in [0.4, 0.5) is 5.82 Å². The van der Waals surface area contributed by atoms with Crippen molar-refractivity contribution < 1.29 is 13.2 Å². The van der Waals surface area contributed by atoms with Crippen LogP contribution in [0.25, 0.3) is 0 Å². The van der Waals surface area contributed by atoms with Crippen LogP contribution in [0.2, 0.25) is 0 Å². The Morgan fingerprint density at radius 1 is 1.25 bits per heavy atom. The van der Waals surface area contributed by atoms with Crippen molar-refractivity contribution in [3.8, 4) is 5.75 Å². The summed E-state index contributed by atoms with van der Waals surface area (Å²) in [6.07, 6.45) is 3.34. The van der Waals surface area contributed by atoms with Gasteiger partial charge in [0.05, 0.1) is 11.5 Å². The number of rotatable bonds is 3. The Balaban J connectivity index is 1.91. The summed E-state index contributed by atoms with van der Waals surface area (Å²) in [6.45, 7) is 0.619. The summed E-state index contributed by atoms with van der Waals surface area (Å²) in [4.78, 5) is 0.156. The van der Waals surface area contributed by atoms with Crippen LogP contribution in [-0.2, 0) is 16.4 Å². The molecule has 0 fully saturated rings. The number of hydrogen-bond donors (Lipinski definition) is 1. The number of anilines is 1. The van der Waals surface area contributed by atoms with Crippen molar-refractivity contribution in [3.05, 3.63) is 42.1 Å². The average Bonchev–Trinajstić information content (AvgIpc) is 2.47. The van der Waals surface area contributed by atoms with E-state index in [2.05, 4.69) is 14.9 Å². The highest BCUT2D eigenvalue weighted by Crippen LogP contribution is 2.28. The van der Waals surface area contributed by atoms with E-state index in [1.165, 1.54) is 6.20 Å². The van der Waals surface area contributed by atoms with Crippen molar-refractivity contribution in [3.63, 3.8) is 0 Å². The lowest BCUT2D eigenvalue weighted by atomic mass is 10.1. The largest absolute Gasteiger partial charge is 0.493 e. The van der Waals surface area contributed by atoms with E-state index in [1.54, 1.807) is 30.3 Å². The van der Waals surface area contributed by atoms with Crippen LogP contribution < -0.4 is 9.46 Å². The van der Waals surface area contributed by atoms with Crippen LogP contribution in [0, 0.1) is 0 Å². The van der Waals surface area contributed by atoms with Gasteiger partial charge in [-0.1, -0.05) is 6.07 Å². The third kappa shape index (κ3) is 2.57. The van der Waals surface area contributed by atoms with Gasteiger partial charge in [0, 0.05) is 12.3 Å². The monoisotopic (exact) mass is 291 g/mol. The Bertz CT molecular complexity index is 717. The second kappa shape index (κ2) is 5.09. The number of ether oxygens (including phenoxy) is 1. The van der Waals surface area contributed by atoms with Gasteiger partial charge in [0.15, 0.2) is 5.82 Å². The number of fused-ring (bicyclic) bond motifs is 1. The van der Waals surface area contributed by atoms with E-state index in [0.29, 0.717) is 12.4 Å². The lowest BCUT2D eigenvalue weighted by Crippen LogP contribution is -2.15. The molecular weight excluding hydrogens is 278 g/mol. The molecule has 104 valence electrons. The van der Waals surface area contributed by atoms with Gasteiger partial charge in [0.2, 0.25) is 0 Å². The van der Waals surface area contributed by atoms with Crippen LogP contribution in [0.5, 0.6) is 5.75 Å². The second-order valence-electron chi connectivity index (χ2n) is 4.44. The van der Waals surface area contributed by atoms with E-state index in [-0.39, 0.29) is 10.7 Å². The first kappa shape index (κ1) is 12.9. The summed E-state index contributed by atoms with van der Waals surface area (Å²) < 4.78 is 32.4. The highest BCUT2D eigenvalue weighted by Gasteiger charge is 2.19. The lowest BCUT2D eigenvalue weighted by molar-refractivity contribution is 0.287. The molecule has 0 saturated carbocycles. The quantitative estimate of drug-likeness (QED) is 0.929. The number of aromatic nitrogens is 2. The van der Waals surface area contributed by atoms with Gasteiger partial charge in [-0.15, -0.1) is 5.10 Å². The van der Waals surface area contributed by atoms with Crippen molar-refractivity contribution in [2.24, 2.45) is 0 Å². The third-order valence-electron chi connectivity index (χ3n) is 3.01. The molecule has 0 saturated heterocycles. The van der Waals surface area contributed by atoms with E-state index in [4.69, 9.17) is 4.74 Å². The Labute approximate surface area is 116 Å². The molecule has 1 aromatic heterocycles. The van der Waals surface area contributed by atoms with E-state index >= 15 is 0 Å². The Morgan fingerprint density at radius 3 is 2.95 bits per heavy atom. The fourth-order valence-electron chi connectivity index (χ4n) is 2.04. The van der Waals surface area contributed by atoms with E-state index < -0.39 is 10.0 Å². The predicted octanol–water partition coefficient (Wildman–Crippen LogP) is 1.60. The number of nitrogens with one attached hydrogen (secondary N) is 1. The first-order valence-corrected chi connectivity index (χ1v) is 7.70. The second-order valence-corrected chi connectivity index (χ2v) is 6.12. The average molecular weight is 291 g/mol. The number of sulfonamides is 1. The summed E-state index contributed by atoms with van der Waals surface area (Å²) >= 11 is 0. The Hall–Kier alpha value is -2.15. The molecule has 1 aromatic carbocycles. The molecule has 3 rings (SSSR count). The van der Waals surface area contributed by atoms with Crippen LogP contribution >= 0.6 is 0 Å². The predicted molar refractivity (Wildman–Crippen MR) is 73.1 cm³/mol. The summed E-state index contributed by atoms with van der Waals surface area (Å²) in [7, 11) is -3.68. The van der Waals surface area contributed by atoms with Crippen molar-refractivity contribution in [2.75, 3.05) is 11.3 Å². The molecule has 2 aromatic rings. The van der Waals surface area contributed by atoms with Gasteiger partial charge in [-0.25, -0.2) is 8.42 Å². The van der Waals surface area contributed by atoms with E-state index in [1.807, 2.05) is 0 Å². The zero-order valence-corrected chi connectivity index (χ0v) is 11.4. The molecule has 1 N–H and O–H groups in total. The molecule has 2 heterocycles. The number of benzene rings is 1. The van der Waals surface area contributed by atoms with Gasteiger partial charge in [-0.3, -0.25) is 4.72 Å². The minimum Gasteiger partial charge on any atom is -0.493 e. The minimum atomic E-state index is -3.68. The molecular formula is C13H13N3O3S. The highest BCUT2D eigenvalue weighted by atomic mass is 32.2. The van der Waals surface area contributed by atoms with Gasteiger partial charge in [0.1, 0.15) is 5.75 Å². The molecule has 0 unspecified atom stereocenters. The summed E-state index contributed by atoms with van der Waals surface area (Å²) in [5.74, 6) is 0.824. The van der Waals surface area contributed by atoms with Crippen LogP contribution in [0.1, 0.15) is 12.0 Å². The first-order chi connectivity index (χ1) is 9.65. The van der Waals surface area contributed by atoms with Crippen molar-refractivity contribution in [1.29, 1.82) is 0 Å². The summed E-state index contributed by atoms with van der Waals surface area (Å²) in [5, 5.41) is 7.34. The number of nitrogens with zero attached hydrogens (tertiary/aromatic N) is 2. The molecule has 1 aliphatic heterocycles. The molecule has 0 radical (unpaired) electrons. The molecule has 6 nitrogen and oxygen atoms in total. The highest BCUT2D eigenvalue weighted by molar-refractivity contribution is 7.92. The van der Waals surface area contributed by atoms with Crippen molar-refractivity contribution >= 4 is 15.8 Å². The number of hydrogen-bond acceptors (Lipinski definition) is 5. The zero-order valence-electron chi connectivity index (χ0n) is 10.6. The van der Waals surface area contributed by atoms with Gasteiger partial charge in [-0.05, 0) is 36.6 Å². The van der Waals surface area contributed by atoms with Crippen LogP contribution in [-0.4, -0.2) is 25.2 Å². The smallest absolute Gasteiger partial charge is 0.263 e. The van der Waals surface area contributed by atoms with Crippen molar-refractivity contribution in [2.45, 2.75) is 17.7 Å². The maximum Gasteiger partial charge on any atom is 0.263 e. The molecule has 7 heteroatoms. The maximum atomic E-state index is 12.3. The maximum absolute atomic E-state index is 12.3. The molecule has 0 atom stereocenters. The third-order valence-corrected chi connectivity index (χ3v) is 4.36. The topological polar surface area (TPSA) is 81.2 Å². The normalized spacial score (nSPS) is 14.2. The SMILES string of the molecule is O=S(=O)(Nc1cccnn1)c1ccc2c(c1)OCCC2. The zero-order chi connectivity index (χ0) is 14.0. The van der Waals surface area contributed by atoms with E-state index in [9.17, 15) is 8.42 Å². The van der Waals surface area contributed by atoms with Gasteiger partial charge < -0.3 is 4.74 Å². The first-order valence-electron chi connectivity index (χ1n) is 6.21. The fourth-order valence-corrected chi connectivity index (χ4v) is 3.05. The fraction of sp³-hybridized carbons (Fsp3) is 0.231. The number of aryl methyl sites for hydroxylation is 1. The van der Waals surface area contributed by atoms with Gasteiger partial charge >= 0.3 is 0 Å². The molecule has 0 amide bonds. The molecule has 0 bridgehead atoms. The van der Waals surface area contributed by atoms with E-state index in [0.717, 1.165) is 18.4 Å².